The van der Waals surface area contributed by atoms with Gasteiger partial charge in [0.15, 0.2) is 16.3 Å². The number of fused-ring (bicyclic) bond motifs is 2. The Morgan fingerprint density at radius 2 is 2.06 bits per heavy atom. The number of carbonyl (C=O) groups excluding carboxylic acids is 1. The van der Waals surface area contributed by atoms with Crippen molar-refractivity contribution in [2.24, 2.45) is 4.99 Å². The van der Waals surface area contributed by atoms with Crippen molar-refractivity contribution in [3.8, 4) is 17.2 Å². The quantitative estimate of drug-likeness (QED) is 0.448. The van der Waals surface area contributed by atoms with Crippen LogP contribution in [0.2, 0.25) is 0 Å². The molecule has 35 heavy (non-hydrogen) atoms. The first kappa shape index (κ1) is 23.4. The molecule has 0 amide bonds. The van der Waals surface area contributed by atoms with Crippen LogP contribution >= 0.6 is 27.3 Å². The monoisotopic (exact) mass is 556 g/mol. The van der Waals surface area contributed by atoms with Crippen LogP contribution in [-0.2, 0) is 9.53 Å². The van der Waals surface area contributed by atoms with Crippen LogP contribution in [-0.4, -0.2) is 31.0 Å². The number of ether oxygens (including phenoxy) is 4. The van der Waals surface area contributed by atoms with Gasteiger partial charge in [-0.2, -0.15) is 0 Å². The summed E-state index contributed by atoms with van der Waals surface area (Å²) in [5.74, 6) is 1.33. The van der Waals surface area contributed by atoms with Gasteiger partial charge in [-0.05, 0) is 61.4 Å². The van der Waals surface area contributed by atoms with E-state index in [2.05, 4.69) is 20.9 Å². The lowest BCUT2D eigenvalue weighted by molar-refractivity contribution is -0.139. The van der Waals surface area contributed by atoms with E-state index in [0.717, 1.165) is 10.0 Å². The van der Waals surface area contributed by atoms with Crippen molar-refractivity contribution in [3.05, 3.63) is 83.0 Å². The minimum atomic E-state index is -0.726. The largest absolute Gasteiger partial charge is 0.497 e. The summed E-state index contributed by atoms with van der Waals surface area (Å²) in [4.78, 5) is 31.9. The van der Waals surface area contributed by atoms with Crippen molar-refractivity contribution in [2.75, 3.05) is 20.5 Å². The van der Waals surface area contributed by atoms with E-state index < -0.39 is 12.0 Å². The average Bonchev–Trinajstić information content (AvgIpc) is 3.43. The number of aromatic nitrogens is 1. The molecule has 8 nitrogen and oxygen atoms in total. The minimum Gasteiger partial charge on any atom is -0.497 e. The van der Waals surface area contributed by atoms with Crippen LogP contribution in [0.4, 0.5) is 0 Å². The highest BCUT2D eigenvalue weighted by Crippen LogP contribution is 2.38. The molecule has 3 aromatic rings. The Morgan fingerprint density at radius 1 is 1.26 bits per heavy atom. The summed E-state index contributed by atoms with van der Waals surface area (Å²) in [6, 6.07) is 10.2. The Balaban J connectivity index is 1.73. The Kier molecular flexibility index (Phi) is 6.24. The highest BCUT2D eigenvalue weighted by molar-refractivity contribution is 9.10. The van der Waals surface area contributed by atoms with E-state index in [9.17, 15) is 9.59 Å². The fourth-order valence-electron chi connectivity index (χ4n) is 4.09. The van der Waals surface area contributed by atoms with E-state index in [0.29, 0.717) is 43.4 Å². The van der Waals surface area contributed by atoms with Gasteiger partial charge in [0.2, 0.25) is 6.79 Å². The molecule has 10 heteroatoms. The second-order valence-corrected chi connectivity index (χ2v) is 9.67. The third-order valence-corrected chi connectivity index (χ3v) is 7.42. The SMILES string of the molecule is CCOC(=O)C1=C(C)N=c2s/c(=C\c3cc(OC)ccc3Br)c(=O)n2[C@H]1c1ccc2c(c1)OCO2. The number of nitrogens with zero attached hydrogens (tertiary/aromatic N) is 2. The summed E-state index contributed by atoms with van der Waals surface area (Å²) in [6.07, 6.45) is 1.79. The molecule has 0 radical (unpaired) electrons. The third kappa shape index (κ3) is 4.17. The van der Waals surface area contributed by atoms with Gasteiger partial charge in [0.25, 0.3) is 5.56 Å². The summed E-state index contributed by atoms with van der Waals surface area (Å²) in [5.41, 5.74) is 2.03. The maximum absolute atomic E-state index is 13.7. The molecule has 2 aliphatic heterocycles. The molecular formula is C25H21BrN2O6S. The van der Waals surface area contributed by atoms with Crippen LogP contribution in [0.5, 0.6) is 17.2 Å². The molecule has 2 aromatic carbocycles. The van der Waals surface area contributed by atoms with Crippen LogP contribution in [0.3, 0.4) is 0 Å². The van der Waals surface area contributed by atoms with Crippen molar-refractivity contribution in [2.45, 2.75) is 19.9 Å². The fourth-order valence-corrected chi connectivity index (χ4v) is 5.49. The third-order valence-electron chi connectivity index (χ3n) is 5.72. The van der Waals surface area contributed by atoms with Crippen molar-refractivity contribution in [1.29, 1.82) is 0 Å². The summed E-state index contributed by atoms with van der Waals surface area (Å²) in [5, 5.41) is 0. The first-order valence-corrected chi connectivity index (χ1v) is 12.4. The van der Waals surface area contributed by atoms with Gasteiger partial charge < -0.3 is 18.9 Å². The van der Waals surface area contributed by atoms with Gasteiger partial charge in [-0.1, -0.05) is 33.3 Å². The number of allylic oxidation sites excluding steroid dienone is 1. The zero-order valence-electron chi connectivity index (χ0n) is 19.2. The summed E-state index contributed by atoms with van der Waals surface area (Å²) < 4.78 is 24.5. The lowest BCUT2D eigenvalue weighted by Gasteiger charge is -2.24. The highest BCUT2D eigenvalue weighted by Gasteiger charge is 2.34. The molecule has 0 aliphatic carbocycles. The number of benzene rings is 2. The highest BCUT2D eigenvalue weighted by atomic mass is 79.9. The van der Waals surface area contributed by atoms with Gasteiger partial charge >= 0.3 is 5.97 Å². The van der Waals surface area contributed by atoms with Gasteiger partial charge in [0.05, 0.1) is 35.6 Å². The summed E-state index contributed by atoms with van der Waals surface area (Å²) in [7, 11) is 1.59. The van der Waals surface area contributed by atoms with Crippen molar-refractivity contribution in [1.82, 2.24) is 4.57 Å². The molecule has 0 bridgehead atoms. The first-order valence-electron chi connectivity index (χ1n) is 10.8. The predicted octanol–water partition coefficient (Wildman–Crippen LogP) is 3.30. The maximum atomic E-state index is 13.7. The molecule has 2 aliphatic rings. The van der Waals surface area contributed by atoms with Crippen LogP contribution < -0.4 is 29.1 Å². The fraction of sp³-hybridized carbons (Fsp3) is 0.240. The van der Waals surface area contributed by atoms with Crippen LogP contribution in [0.25, 0.3) is 6.08 Å². The van der Waals surface area contributed by atoms with Crippen molar-refractivity contribution in [3.63, 3.8) is 0 Å². The normalized spacial score (nSPS) is 16.7. The van der Waals surface area contributed by atoms with Crippen LogP contribution in [0, 0.1) is 0 Å². The van der Waals surface area contributed by atoms with Crippen molar-refractivity contribution >= 4 is 39.3 Å². The Labute approximate surface area is 212 Å². The molecule has 1 aromatic heterocycles. The molecule has 0 saturated heterocycles. The lowest BCUT2D eigenvalue weighted by Crippen LogP contribution is -2.39. The number of halogens is 1. The zero-order chi connectivity index (χ0) is 24.7. The number of thiazole rings is 1. The molecule has 3 heterocycles. The molecular weight excluding hydrogens is 536 g/mol. The molecule has 180 valence electrons. The topological polar surface area (TPSA) is 88.4 Å². The van der Waals surface area contributed by atoms with E-state index in [4.69, 9.17) is 18.9 Å². The molecule has 0 N–H and O–H groups in total. The van der Waals surface area contributed by atoms with E-state index in [1.807, 2.05) is 24.3 Å². The van der Waals surface area contributed by atoms with Crippen molar-refractivity contribution < 1.29 is 23.7 Å². The number of methoxy groups -OCH3 is 1. The van der Waals surface area contributed by atoms with Crippen LogP contribution in [0.15, 0.2) is 61.9 Å². The molecule has 1 atom stereocenters. The maximum Gasteiger partial charge on any atom is 0.338 e. The number of hydrogen-bond acceptors (Lipinski definition) is 8. The van der Waals surface area contributed by atoms with Crippen LogP contribution in [0.1, 0.15) is 31.0 Å². The lowest BCUT2D eigenvalue weighted by atomic mass is 9.95. The van der Waals surface area contributed by atoms with E-state index in [1.165, 1.54) is 11.3 Å². The van der Waals surface area contributed by atoms with E-state index in [1.54, 1.807) is 43.7 Å². The molecule has 0 spiro atoms. The second-order valence-electron chi connectivity index (χ2n) is 7.80. The van der Waals surface area contributed by atoms with E-state index in [-0.39, 0.29) is 19.0 Å². The molecule has 0 saturated carbocycles. The number of esters is 1. The summed E-state index contributed by atoms with van der Waals surface area (Å²) in [6.45, 7) is 3.82. The predicted molar refractivity (Wildman–Crippen MR) is 134 cm³/mol. The van der Waals surface area contributed by atoms with E-state index >= 15 is 0 Å². The van der Waals surface area contributed by atoms with Gasteiger partial charge in [-0.3, -0.25) is 9.36 Å². The molecule has 0 unspecified atom stereocenters. The number of carbonyl (C=O) groups is 1. The summed E-state index contributed by atoms with van der Waals surface area (Å²) >= 11 is 4.79. The first-order chi connectivity index (χ1) is 16.9. The standard InChI is InChI=1S/C25H21BrN2O6S/c1-4-32-24(30)21-13(2)27-25-28(22(21)14-5-8-18-19(10-14)34-12-33-18)23(29)20(35-25)11-15-9-16(31-3)6-7-17(15)26/h5-11,22H,4,12H2,1-3H3/b20-11-/t22-/m0/s1. The number of rotatable bonds is 5. The molecule has 0 fully saturated rings. The average molecular weight is 557 g/mol. The Hall–Kier alpha value is -3.37. The smallest absolute Gasteiger partial charge is 0.338 e. The second kappa shape index (κ2) is 9.35. The van der Waals surface area contributed by atoms with Gasteiger partial charge in [-0.15, -0.1) is 0 Å². The van der Waals surface area contributed by atoms with Gasteiger partial charge in [0.1, 0.15) is 5.75 Å². The number of hydrogen-bond donors (Lipinski definition) is 0. The molecule has 5 rings (SSSR count). The minimum absolute atomic E-state index is 0.122. The Bertz CT molecular complexity index is 1550. The zero-order valence-corrected chi connectivity index (χ0v) is 21.6. The van der Waals surface area contributed by atoms with Gasteiger partial charge in [-0.25, -0.2) is 9.79 Å². The van der Waals surface area contributed by atoms with Gasteiger partial charge in [0, 0.05) is 4.47 Å². The Morgan fingerprint density at radius 3 is 2.83 bits per heavy atom.